The number of rotatable bonds is 3. The summed E-state index contributed by atoms with van der Waals surface area (Å²) in [5.41, 5.74) is 0. The van der Waals surface area contributed by atoms with Gasteiger partial charge in [0.05, 0.1) is 11.4 Å². The molecule has 1 unspecified atom stereocenters. The highest BCUT2D eigenvalue weighted by atomic mass is 32.2. The van der Waals surface area contributed by atoms with E-state index in [1.165, 1.54) is 0 Å². The molecular formula is C8H16O4S. The highest BCUT2D eigenvalue weighted by Crippen LogP contribution is 2.22. The van der Waals surface area contributed by atoms with E-state index in [1.54, 1.807) is 6.92 Å². The van der Waals surface area contributed by atoms with Crippen LogP contribution in [0.5, 0.6) is 0 Å². The van der Waals surface area contributed by atoms with Crippen LogP contribution < -0.4 is 0 Å². The van der Waals surface area contributed by atoms with Gasteiger partial charge in [0.15, 0.2) is 11.1 Å². The van der Waals surface area contributed by atoms with Gasteiger partial charge in [0, 0.05) is 13.2 Å². The van der Waals surface area contributed by atoms with Crippen LogP contribution in [0.3, 0.4) is 0 Å². The zero-order valence-electron chi connectivity index (χ0n) is 7.68. The third-order valence-electron chi connectivity index (χ3n) is 2.55. The van der Waals surface area contributed by atoms with Gasteiger partial charge in [-0.2, -0.15) is 0 Å². The molecule has 0 aromatic carbocycles. The Labute approximate surface area is 80.6 Å². The van der Waals surface area contributed by atoms with Gasteiger partial charge in [0.25, 0.3) is 0 Å². The monoisotopic (exact) mass is 208 g/mol. The molecule has 0 bridgehead atoms. The highest BCUT2D eigenvalue weighted by molar-refractivity contribution is 7.79. The summed E-state index contributed by atoms with van der Waals surface area (Å²) < 4.78 is 24.6. The van der Waals surface area contributed by atoms with Gasteiger partial charge in [0.2, 0.25) is 0 Å². The van der Waals surface area contributed by atoms with Crippen molar-refractivity contribution in [2.75, 3.05) is 13.2 Å². The van der Waals surface area contributed by atoms with Crippen molar-refractivity contribution in [1.29, 1.82) is 0 Å². The van der Waals surface area contributed by atoms with E-state index in [0.717, 1.165) is 12.8 Å². The van der Waals surface area contributed by atoms with Crippen LogP contribution in [0.15, 0.2) is 0 Å². The molecule has 1 rings (SSSR count). The maximum absolute atomic E-state index is 10.7. The molecule has 2 N–H and O–H groups in total. The van der Waals surface area contributed by atoms with E-state index in [-0.39, 0.29) is 5.92 Å². The van der Waals surface area contributed by atoms with Crippen LogP contribution in [0, 0.1) is 5.92 Å². The Hall–Kier alpha value is 0.0300. The first-order chi connectivity index (χ1) is 6.13. The van der Waals surface area contributed by atoms with Crippen molar-refractivity contribution in [3.05, 3.63) is 0 Å². The lowest BCUT2D eigenvalue weighted by molar-refractivity contribution is 0.00804. The molecule has 1 saturated heterocycles. The molecule has 4 nitrogen and oxygen atoms in total. The molecule has 5 heteroatoms. The second kappa shape index (κ2) is 5.05. The Bertz CT molecular complexity index is 179. The van der Waals surface area contributed by atoms with Crippen molar-refractivity contribution in [2.45, 2.75) is 31.1 Å². The third kappa shape index (κ3) is 3.02. The average Bonchev–Trinajstić information content (AvgIpc) is 2.17. The van der Waals surface area contributed by atoms with Crippen molar-refractivity contribution in [1.82, 2.24) is 0 Å². The standard InChI is InChI=1S/C8H16O4S/c1-6(13(10)11)8(9)7-2-4-12-5-3-7/h6-9H,2-5H2,1H3,(H,10,11)/t6-,8-/m0/s1. The van der Waals surface area contributed by atoms with Crippen LogP contribution in [0.2, 0.25) is 0 Å². The van der Waals surface area contributed by atoms with Crippen LogP contribution in [-0.4, -0.2) is 38.4 Å². The predicted octanol–water partition coefficient (Wildman–Crippen LogP) is 0.384. The summed E-state index contributed by atoms with van der Waals surface area (Å²) >= 11 is -1.93. The summed E-state index contributed by atoms with van der Waals surface area (Å²) in [7, 11) is 0. The fourth-order valence-electron chi connectivity index (χ4n) is 1.56. The Morgan fingerprint density at radius 1 is 1.46 bits per heavy atom. The van der Waals surface area contributed by atoms with E-state index in [9.17, 15) is 9.32 Å². The second-order valence-electron chi connectivity index (χ2n) is 3.42. The molecule has 1 aliphatic rings. The molecule has 3 atom stereocenters. The Morgan fingerprint density at radius 2 is 2.00 bits per heavy atom. The lowest BCUT2D eigenvalue weighted by atomic mass is 9.92. The summed E-state index contributed by atoms with van der Waals surface area (Å²) in [4.78, 5) is 0. The highest BCUT2D eigenvalue weighted by Gasteiger charge is 2.29. The normalized spacial score (nSPS) is 26.7. The van der Waals surface area contributed by atoms with Gasteiger partial charge in [-0.25, -0.2) is 4.21 Å². The molecule has 0 aliphatic carbocycles. The largest absolute Gasteiger partial charge is 0.392 e. The van der Waals surface area contributed by atoms with Gasteiger partial charge in [0.1, 0.15) is 0 Å². The molecular weight excluding hydrogens is 192 g/mol. The Balaban J connectivity index is 2.44. The predicted molar refractivity (Wildman–Crippen MR) is 49.8 cm³/mol. The second-order valence-corrected chi connectivity index (χ2v) is 4.72. The van der Waals surface area contributed by atoms with E-state index in [0.29, 0.717) is 13.2 Å². The first kappa shape index (κ1) is 11.1. The number of hydrogen-bond acceptors (Lipinski definition) is 3. The van der Waals surface area contributed by atoms with Gasteiger partial charge >= 0.3 is 0 Å². The summed E-state index contributed by atoms with van der Waals surface area (Å²) in [6.45, 7) is 2.88. The number of hydrogen-bond donors (Lipinski definition) is 2. The zero-order chi connectivity index (χ0) is 9.84. The molecule has 1 heterocycles. The molecule has 1 fully saturated rings. The summed E-state index contributed by atoms with van der Waals surface area (Å²) in [6, 6.07) is 0. The first-order valence-electron chi connectivity index (χ1n) is 4.48. The fourth-order valence-corrected chi connectivity index (χ4v) is 2.02. The lowest BCUT2D eigenvalue weighted by Gasteiger charge is -2.28. The molecule has 78 valence electrons. The lowest BCUT2D eigenvalue weighted by Crippen LogP contribution is -2.37. The van der Waals surface area contributed by atoms with Crippen LogP contribution in [0.25, 0.3) is 0 Å². The van der Waals surface area contributed by atoms with Crippen molar-refractivity contribution in [3.8, 4) is 0 Å². The van der Waals surface area contributed by atoms with Crippen LogP contribution in [0.4, 0.5) is 0 Å². The number of aliphatic hydroxyl groups excluding tert-OH is 1. The van der Waals surface area contributed by atoms with Crippen LogP contribution >= 0.6 is 0 Å². The molecule has 0 aromatic heterocycles. The fraction of sp³-hybridized carbons (Fsp3) is 1.00. The minimum atomic E-state index is -1.93. The molecule has 0 amide bonds. The van der Waals surface area contributed by atoms with Crippen LogP contribution in [-0.2, 0) is 15.8 Å². The quantitative estimate of drug-likeness (QED) is 0.658. The number of ether oxygens (including phenoxy) is 1. The first-order valence-corrected chi connectivity index (χ1v) is 5.65. The van der Waals surface area contributed by atoms with Crippen molar-refractivity contribution >= 4 is 11.1 Å². The van der Waals surface area contributed by atoms with Crippen molar-refractivity contribution < 1.29 is 18.6 Å². The average molecular weight is 208 g/mol. The molecule has 0 saturated carbocycles. The van der Waals surface area contributed by atoms with E-state index in [4.69, 9.17) is 9.29 Å². The SMILES string of the molecule is C[C@@H]([C@H](O)C1CCOCC1)S(=O)O. The Morgan fingerprint density at radius 3 is 2.46 bits per heavy atom. The minimum absolute atomic E-state index is 0.111. The third-order valence-corrected chi connectivity index (χ3v) is 3.46. The van der Waals surface area contributed by atoms with Gasteiger partial charge in [-0.05, 0) is 25.7 Å². The van der Waals surface area contributed by atoms with Crippen molar-refractivity contribution in [3.63, 3.8) is 0 Å². The van der Waals surface area contributed by atoms with E-state index < -0.39 is 22.4 Å². The van der Waals surface area contributed by atoms with Gasteiger partial charge in [-0.3, -0.25) is 0 Å². The van der Waals surface area contributed by atoms with Gasteiger partial charge in [-0.15, -0.1) is 0 Å². The molecule has 13 heavy (non-hydrogen) atoms. The van der Waals surface area contributed by atoms with Gasteiger partial charge in [-0.1, -0.05) is 0 Å². The van der Waals surface area contributed by atoms with Gasteiger partial charge < -0.3 is 14.4 Å². The van der Waals surface area contributed by atoms with Crippen LogP contribution in [0.1, 0.15) is 19.8 Å². The molecule has 0 spiro atoms. The maximum Gasteiger partial charge on any atom is 0.158 e. The summed E-state index contributed by atoms with van der Waals surface area (Å²) in [6.07, 6.45) is 0.875. The molecule has 0 radical (unpaired) electrons. The van der Waals surface area contributed by atoms with E-state index in [1.807, 2.05) is 0 Å². The van der Waals surface area contributed by atoms with Crippen molar-refractivity contribution in [2.24, 2.45) is 5.92 Å². The summed E-state index contributed by atoms with van der Waals surface area (Å²) in [5.74, 6) is 0.111. The molecule has 0 aromatic rings. The van der Waals surface area contributed by atoms with E-state index in [2.05, 4.69) is 0 Å². The van der Waals surface area contributed by atoms with E-state index >= 15 is 0 Å². The maximum atomic E-state index is 10.7. The smallest absolute Gasteiger partial charge is 0.158 e. The minimum Gasteiger partial charge on any atom is -0.392 e. The molecule has 1 aliphatic heterocycles. The number of aliphatic hydroxyl groups is 1. The summed E-state index contributed by atoms with van der Waals surface area (Å²) in [5, 5.41) is 9.14. The zero-order valence-corrected chi connectivity index (χ0v) is 8.50. The Kier molecular flexibility index (Phi) is 4.31. The topological polar surface area (TPSA) is 66.8 Å².